The zero-order valence-corrected chi connectivity index (χ0v) is 55.1. The van der Waals surface area contributed by atoms with Crippen LogP contribution in [-0.4, -0.2) is 89.1 Å². The number of methoxy groups -OCH3 is 2. The van der Waals surface area contributed by atoms with Crippen molar-refractivity contribution in [2.45, 2.75) is 13.3 Å². The van der Waals surface area contributed by atoms with Gasteiger partial charge in [-0.1, -0.05) is 188 Å². The van der Waals surface area contributed by atoms with Crippen LogP contribution in [0.1, 0.15) is 96.3 Å². The van der Waals surface area contributed by atoms with Crippen molar-refractivity contribution in [2.24, 2.45) is 0 Å². The number of carbonyl (C=O) groups is 5. The van der Waals surface area contributed by atoms with Gasteiger partial charge in [0, 0.05) is 29.7 Å². The van der Waals surface area contributed by atoms with Crippen molar-refractivity contribution in [3.63, 3.8) is 0 Å². The third-order valence-corrected chi connectivity index (χ3v) is 14.7. The SMILES string of the molecule is COc1cc(O)c(Cc2ccccc2O)c(O)c1C(=O)/C=C/c1ccccc1.COc1ccc(/C=C/C(=O)c2ccc(O)cc2O)cc1.Cc1ccc(C(=O)/C=C/c2ccccc2)c(O)c1.O=C(/C=C/c1ccccc1)c1cc(O)ccc1O.O=C(/C=C/c1ccccc1)c1ccc(O)cc1. The van der Waals surface area contributed by atoms with Gasteiger partial charge in [-0.25, -0.2) is 0 Å². The third-order valence-electron chi connectivity index (χ3n) is 14.7. The summed E-state index contributed by atoms with van der Waals surface area (Å²) in [4.78, 5) is 60.2. The second-order valence-electron chi connectivity index (χ2n) is 22.0. The van der Waals surface area contributed by atoms with Crippen LogP contribution in [0.5, 0.6) is 63.2 Å². The van der Waals surface area contributed by atoms with Crippen LogP contribution in [0.3, 0.4) is 0 Å². The number of carbonyl (C=O) groups excluding carboxylic acids is 5. The lowest BCUT2D eigenvalue weighted by Crippen LogP contribution is -2.03. The fourth-order valence-corrected chi connectivity index (χ4v) is 9.30. The molecule has 9 N–H and O–H groups in total. The minimum Gasteiger partial charge on any atom is -0.508 e. The molecule has 16 nitrogen and oxygen atoms in total. The minimum absolute atomic E-state index is 0.0257. The highest BCUT2D eigenvalue weighted by molar-refractivity contribution is 6.12. The molecule has 0 amide bonds. The molecule has 0 atom stereocenters. The molecule has 0 saturated heterocycles. The van der Waals surface area contributed by atoms with Crippen LogP contribution in [0.25, 0.3) is 30.4 Å². The third kappa shape index (κ3) is 23.6. The average Bonchev–Trinajstić information content (AvgIpc) is 0.785. The molecule has 0 fully saturated rings. The van der Waals surface area contributed by atoms with E-state index in [1.807, 2.05) is 146 Å². The number of para-hydroxylation sites is 1. The molecular formula is C85H72O16. The maximum atomic E-state index is 12.7. The van der Waals surface area contributed by atoms with Gasteiger partial charge in [-0.3, -0.25) is 24.0 Å². The largest absolute Gasteiger partial charge is 0.508 e. The van der Waals surface area contributed by atoms with Gasteiger partial charge in [0.15, 0.2) is 28.9 Å². The maximum absolute atomic E-state index is 12.7. The number of ether oxygens (including phenoxy) is 2. The van der Waals surface area contributed by atoms with E-state index in [9.17, 15) is 64.8 Å². The Morgan fingerprint density at radius 3 is 1.20 bits per heavy atom. The van der Waals surface area contributed by atoms with Gasteiger partial charge < -0.3 is 55.4 Å². The predicted octanol–water partition coefficient (Wildman–Crippen LogP) is 17.2. The fourth-order valence-electron chi connectivity index (χ4n) is 9.30. The van der Waals surface area contributed by atoms with Crippen LogP contribution < -0.4 is 9.47 Å². The van der Waals surface area contributed by atoms with Crippen LogP contribution in [0.4, 0.5) is 0 Å². The molecule has 508 valence electrons. The zero-order valence-electron chi connectivity index (χ0n) is 55.1. The number of aromatic hydroxyl groups is 9. The lowest BCUT2D eigenvalue weighted by atomic mass is 9.96. The smallest absolute Gasteiger partial charge is 0.193 e. The first kappa shape index (κ1) is 74.7. The van der Waals surface area contributed by atoms with Gasteiger partial charge in [-0.15, -0.1) is 0 Å². The summed E-state index contributed by atoms with van der Waals surface area (Å²) < 4.78 is 10.2. The molecule has 0 aromatic heterocycles. The lowest BCUT2D eigenvalue weighted by Gasteiger charge is -2.15. The Bertz CT molecular complexity index is 4750. The molecule has 0 unspecified atom stereocenters. The number of benzene rings is 11. The van der Waals surface area contributed by atoms with Gasteiger partial charge in [0.2, 0.25) is 0 Å². The Morgan fingerprint density at radius 1 is 0.327 bits per heavy atom. The van der Waals surface area contributed by atoms with E-state index < -0.39 is 5.78 Å². The fraction of sp³-hybridized carbons (Fsp3) is 0.0471. The van der Waals surface area contributed by atoms with Crippen molar-refractivity contribution in [3.05, 3.63) is 357 Å². The van der Waals surface area contributed by atoms with Crippen LogP contribution >= 0.6 is 0 Å². The van der Waals surface area contributed by atoms with E-state index in [0.29, 0.717) is 16.7 Å². The molecular weight excluding hydrogens is 1280 g/mol. The molecule has 0 heterocycles. The number of rotatable bonds is 19. The molecule has 0 bridgehead atoms. The molecule has 0 radical (unpaired) electrons. The topological polar surface area (TPSA) is 286 Å². The molecule has 11 rings (SSSR count). The summed E-state index contributed by atoms with van der Waals surface area (Å²) in [7, 11) is 2.94. The molecule has 16 heteroatoms. The summed E-state index contributed by atoms with van der Waals surface area (Å²) in [5, 5.41) is 87.4. The Balaban J connectivity index is 0.000000180. The average molecular weight is 1350 g/mol. The van der Waals surface area contributed by atoms with Gasteiger partial charge in [0.1, 0.15) is 68.8 Å². The van der Waals surface area contributed by atoms with Crippen LogP contribution in [-0.2, 0) is 6.42 Å². The van der Waals surface area contributed by atoms with Gasteiger partial charge in [0.25, 0.3) is 0 Å². The molecule has 0 aliphatic rings. The van der Waals surface area contributed by atoms with Crippen molar-refractivity contribution in [2.75, 3.05) is 14.2 Å². The Labute approximate surface area is 584 Å². The summed E-state index contributed by atoms with van der Waals surface area (Å²) in [5.41, 5.74) is 7.17. The Hall–Kier alpha value is -13.7. The first-order valence-corrected chi connectivity index (χ1v) is 31.2. The summed E-state index contributed by atoms with van der Waals surface area (Å²) in [6.07, 6.45) is 15.6. The monoisotopic (exact) mass is 1350 g/mol. The molecule has 0 aliphatic heterocycles. The highest BCUT2D eigenvalue weighted by atomic mass is 16.5. The zero-order chi connectivity index (χ0) is 72.6. The highest BCUT2D eigenvalue weighted by Crippen LogP contribution is 2.41. The Morgan fingerprint density at radius 2 is 0.733 bits per heavy atom. The molecule has 11 aromatic carbocycles. The molecule has 101 heavy (non-hydrogen) atoms. The van der Waals surface area contributed by atoms with E-state index in [0.717, 1.165) is 45.2 Å². The van der Waals surface area contributed by atoms with E-state index in [1.54, 1.807) is 92.1 Å². The van der Waals surface area contributed by atoms with Crippen molar-refractivity contribution in [1.82, 2.24) is 0 Å². The highest BCUT2D eigenvalue weighted by Gasteiger charge is 2.23. The maximum Gasteiger partial charge on any atom is 0.193 e. The molecule has 0 saturated carbocycles. The van der Waals surface area contributed by atoms with E-state index in [1.165, 1.54) is 92.1 Å². The van der Waals surface area contributed by atoms with Crippen molar-refractivity contribution in [1.29, 1.82) is 0 Å². The number of phenols is 9. The van der Waals surface area contributed by atoms with Crippen LogP contribution in [0.15, 0.2) is 285 Å². The number of aryl methyl sites for hydroxylation is 1. The second kappa shape index (κ2) is 38.1. The summed E-state index contributed by atoms with van der Waals surface area (Å²) >= 11 is 0. The Kier molecular flexibility index (Phi) is 28.2. The quantitative estimate of drug-likeness (QED) is 0.0207. The van der Waals surface area contributed by atoms with Crippen molar-refractivity contribution >= 4 is 59.3 Å². The molecule has 11 aromatic rings. The molecule has 0 spiro atoms. The lowest BCUT2D eigenvalue weighted by molar-refractivity contribution is 0.103. The summed E-state index contributed by atoms with van der Waals surface area (Å²) in [6, 6.07) is 72.0. The number of allylic oxidation sites excluding steroid dienone is 5. The van der Waals surface area contributed by atoms with E-state index in [4.69, 9.17) is 14.6 Å². The number of hydrogen-bond donors (Lipinski definition) is 9. The van der Waals surface area contributed by atoms with E-state index >= 15 is 0 Å². The number of ketones is 5. The minimum atomic E-state index is -0.461. The second-order valence-corrected chi connectivity index (χ2v) is 22.0. The normalized spacial score (nSPS) is 10.7. The first-order chi connectivity index (χ1) is 48.7. The van der Waals surface area contributed by atoms with E-state index in [2.05, 4.69) is 0 Å². The van der Waals surface area contributed by atoms with Gasteiger partial charge in [-0.2, -0.15) is 0 Å². The van der Waals surface area contributed by atoms with Crippen molar-refractivity contribution in [3.8, 4) is 63.2 Å². The number of hydrogen-bond acceptors (Lipinski definition) is 16. The van der Waals surface area contributed by atoms with Crippen LogP contribution in [0.2, 0.25) is 0 Å². The van der Waals surface area contributed by atoms with Crippen molar-refractivity contribution < 1.29 is 79.4 Å². The standard InChI is InChI=1S/C23H20O5.C16H14O4.C16H14O2.C15H12O3.C15H12O2/c1-28-21-14-20(26)17(13-16-9-5-6-10-18(16)24)23(27)22(21)19(25)12-11-15-7-3-2-4-8-15;1-20-13-6-2-11(3-7-13)4-9-15(18)14-8-5-12(17)10-16(14)19;1-12-7-9-14(16(18)11-12)15(17)10-8-13-5-3-2-4-6-13;16-12-7-9-15(18)13(10-12)14(17)8-6-11-4-2-1-3-5-11;16-14-9-7-13(8-10-14)15(17)11-6-12-4-2-1-3-5-12/h2-12,14,24,26-27H,13H2,1H3;2-10,17,19H,1H3;2-11,18H,1H3;1-10,16,18H;1-11,16H/b12-11+;9-4+;10-8+;8-6+;11-6+. The predicted molar refractivity (Wildman–Crippen MR) is 393 cm³/mol. The summed E-state index contributed by atoms with van der Waals surface area (Å²) in [6.45, 7) is 1.87. The molecule has 0 aliphatic carbocycles. The van der Waals surface area contributed by atoms with Gasteiger partial charge >= 0.3 is 0 Å². The number of phenolic OH excluding ortho intramolecular Hbond substituents is 9. The summed E-state index contributed by atoms with van der Waals surface area (Å²) in [5.74, 6) is -1.51. The van der Waals surface area contributed by atoms with Gasteiger partial charge in [0.05, 0.1) is 30.9 Å². The van der Waals surface area contributed by atoms with Crippen LogP contribution in [0, 0.1) is 6.92 Å². The first-order valence-electron chi connectivity index (χ1n) is 31.2. The van der Waals surface area contributed by atoms with Gasteiger partial charge in [-0.05, 0) is 161 Å². The van der Waals surface area contributed by atoms with E-state index in [-0.39, 0.29) is 109 Å².